The van der Waals surface area contributed by atoms with Gasteiger partial charge in [-0.2, -0.15) is 11.8 Å². The molecule has 1 saturated carbocycles. The van der Waals surface area contributed by atoms with Gasteiger partial charge in [0.2, 0.25) is 5.91 Å². The molecule has 20 heavy (non-hydrogen) atoms. The Labute approximate surface area is 128 Å². The summed E-state index contributed by atoms with van der Waals surface area (Å²) in [6.07, 6.45) is 11.8. The van der Waals surface area contributed by atoms with Crippen LogP contribution in [0, 0.1) is 0 Å². The molecule has 0 aromatic heterocycles. The zero-order valence-electron chi connectivity index (χ0n) is 12.7. The van der Waals surface area contributed by atoms with E-state index in [0.29, 0.717) is 11.8 Å². The molecule has 1 N–H and O–H groups in total. The molecule has 0 unspecified atom stereocenters. The summed E-state index contributed by atoms with van der Waals surface area (Å²) in [5.74, 6) is 1.99. The van der Waals surface area contributed by atoms with Crippen LogP contribution in [0.5, 0.6) is 0 Å². The van der Waals surface area contributed by atoms with E-state index in [0.717, 1.165) is 12.3 Å². The first kappa shape index (κ1) is 16.2. The lowest BCUT2D eigenvalue weighted by molar-refractivity contribution is -0.119. The third kappa shape index (κ3) is 6.49. The smallest absolute Gasteiger partial charge is 0.230 e. The number of hydrogen-bond acceptors (Lipinski definition) is 3. The Bertz CT molecular complexity index is 272. The van der Waals surface area contributed by atoms with Gasteiger partial charge in [0.05, 0.1) is 5.75 Å². The molecule has 1 heterocycles. The summed E-state index contributed by atoms with van der Waals surface area (Å²) in [5.41, 5.74) is 0. The maximum atomic E-state index is 11.9. The van der Waals surface area contributed by atoms with Crippen molar-refractivity contribution in [3.05, 3.63) is 0 Å². The molecule has 2 aliphatic rings. The Balaban J connectivity index is 1.50. The zero-order valence-corrected chi connectivity index (χ0v) is 13.6. The Morgan fingerprint density at radius 1 is 1.00 bits per heavy atom. The maximum absolute atomic E-state index is 11.9. The van der Waals surface area contributed by atoms with Crippen molar-refractivity contribution in [2.75, 3.05) is 31.1 Å². The van der Waals surface area contributed by atoms with Crippen molar-refractivity contribution >= 4 is 17.7 Å². The Morgan fingerprint density at radius 3 is 2.35 bits per heavy atom. The molecule has 1 aliphatic carbocycles. The molecular weight excluding hydrogens is 268 g/mol. The molecule has 0 spiro atoms. The molecule has 0 radical (unpaired) electrons. The van der Waals surface area contributed by atoms with E-state index in [1.807, 2.05) is 0 Å². The van der Waals surface area contributed by atoms with Gasteiger partial charge in [0.15, 0.2) is 0 Å². The van der Waals surface area contributed by atoms with Crippen molar-refractivity contribution in [1.29, 1.82) is 0 Å². The highest BCUT2D eigenvalue weighted by molar-refractivity contribution is 7.99. The lowest BCUT2D eigenvalue weighted by atomic mass is 9.95. The molecule has 3 nitrogen and oxygen atoms in total. The third-order valence-electron chi connectivity index (χ3n) is 4.45. The van der Waals surface area contributed by atoms with Crippen LogP contribution in [0.2, 0.25) is 0 Å². The summed E-state index contributed by atoms with van der Waals surface area (Å²) in [5, 5.41) is 3.19. The minimum atomic E-state index is 0.248. The molecule has 0 bridgehead atoms. The van der Waals surface area contributed by atoms with E-state index >= 15 is 0 Å². The van der Waals surface area contributed by atoms with Crippen LogP contribution in [-0.2, 0) is 4.79 Å². The number of nitrogens with one attached hydrogen (secondary N) is 1. The topological polar surface area (TPSA) is 32.3 Å². The van der Waals surface area contributed by atoms with E-state index in [1.165, 1.54) is 70.9 Å². The average Bonchev–Trinajstić information content (AvgIpc) is 2.73. The van der Waals surface area contributed by atoms with Gasteiger partial charge in [-0.3, -0.25) is 4.79 Å². The number of amides is 1. The summed E-state index contributed by atoms with van der Waals surface area (Å²) in [4.78, 5) is 14.4. The van der Waals surface area contributed by atoms with Crippen molar-refractivity contribution in [1.82, 2.24) is 10.2 Å². The number of thioether (sulfide) groups is 1. The van der Waals surface area contributed by atoms with Crippen molar-refractivity contribution in [3.8, 4) is 0 Å². The summed E-state index contributed by atoms with van der Waals surface area (Å²) < 4.78 is 0. The van der Waals surface area contributed by atoms with Crippen molar-refractivity contribution in [2.24, 2.45) is 0 Å². The second-order valence-electron chi connectivity index (χ2n) is 6.21. The quantitative estimate of drug-likeness (QED) is 0.765. The van der Waals surface area contributed by atoms with Crippen LogP contribution in [0.4, 0.5) is 0 Å². The van der Waals surface area contributed by atoms with E-state index in [-0.39, 0.29) is 5.91 Å². The van der Waals surface area contributed by atoms with E-state index in [9.17, 15) is 4.79 Å². The van der Waals surface area contributed by atoms with E-state index in [1.54, 1.807) is 11.8 Å². The SMILES string of the molecule is O=C(CSCCN1CCCCCC1)NC1CCCCC1. The van der Waals surface area contributed by atoms with E-state index in [2.05, 4.69) is 10.2 Å². The summed E-state index contributed by atoms with van der Waals surface area (Å²) in [7, 11) is 0. The second kappa shape index (κ2) is 9.67. The Morgan fingerprint density at radius 2 is 1.65 bits per heavy atom. The minimum Gasteiger partial charge on any atom is -0.353 e. The fourth-order valence-corrected chi connectivity index (χ4v) is 4.03. The highest BCUT2D eigenvalue weighted by Gasteiger charge is 2.15. The fraction of sp³-hybridized carbons (Fsp3) is 0.938. The first-order chi connectivity index (χ1) is 9.84. The van der Waals surface area contributed by atoms with Crippen LogP contribution in [0.25, 0.3) is 0 Å². The van der Waals surface area contributed by atoms with Crippen molar-refractivity contribution in [3.63, 3.8) is 0 Å². The van der Waals surface area contributed by atoms with Crippen LogP contribution < -0.4 is 5.32 Å². The van der Waals surface area contributed by atoms with Gasteiger partial charge in [-0.1, -0.05) is 32.1 Å². The molecule has 116 valence electrons. The lowest BCUT2D eigenvalue weighted by Gasteiger charge is -2.23. The molecule has 2 rings (SSSR count). The van der Waals surface area contributed by atoms with Gasteiger partial charge in [0.1, 0.15) is 0 Å². The zero-order chi connectivity index (χ0) is 14.0. The lowest BCUT2D eigenvalue weighted by Crippen LogP contribution is -2.37. The standard InChI is InChI=1S/C16H30N2OS/c19-16(17-15-8-4-3-5-9-15)14-20-13-12-18-10-6-1-2-7-11-18/h15H,1-14H2,(H,17,19). The van der Waals surface area contributed by atoms with Crippen LogP contribution >= 0.6 is 11.8 Å². The highest BCUT2D eigenvalue weighted by Crippen LogP contribution is 2.17. The third-order valence-corrected chi connectivity index (χ3v) is 5.39. The predicted octanol–water partition coefficient (Wildman–Crippen LogP) is 3.04. The second-order valence-corrected chi connectivity index (χ2v) is 7.32. The van der Waals surface area contributed by atoms with E-state index in [4.69, 9.17) is 0 Å². The molecular formula is C16H30N2OS. The molecule has 0 aromatic rings. The number of likely N-dealkylation sites (tertiary alicyclic amines) is 1. The number of rotatable bonds is 6. The summed E-state index contributed by atoms with van der Waals surface area (Å²) in [6.45, 7) is 3.67. The molecule has 4 heteroatoms. The van der Waals surface area contributed by atoms with Crippen LogP contribution in [0.15, 0.2) is 0 Å². The van der Waals surface area contributed by atoms with Crippen LogP contribution in [0.1, 0.15) is 57.8 Å². The van der Waals surface area contributed by atoms with Crippen LogP contribution in [0.3, 0.4) is 0 Å². The minimum absolute atomic E-state index is 0.248. The van der Waals surface area contributed by atoms with Gasteiger partial charge in [-0.15, -0.1) is 0 Å². The van der Waals surface area contributed by atoms with Gasteiger partial charge in [0.25, 0.3) is 0 Å². The molecule has 1 amide bonds. The summed E-state index contributed by atoms with van der Waals surface area (Å²) in [6, 6.07) is 0.461. The number of nitrogens with zero attached hydrogens (tertiary/aromatic N) is 1. The first-order valence-electron chi connectivity index (χ1n) is 8.44. The van der Waals surface area contributed by atoms with Gasteiger partial charge in [0, 0.05) is 18.3 Å². The fourth-order valence-electron chi connectivity index (χ4n) is 3.23. The number of carbonyl (C=O) groups excluding carboxylic acids is 1. The molecule has 2 fully saturated rings. The van der Waals surface area contributed by atoms with Gasteiger partial charge >= 0.3 is 0 Å². The molecule has 0 atom stereocenters. The van der Waals surface area contributed by atoms with E-state index < -0.39 is 0 Å². The molecule has 1 aliphatic heterocycles. The summed E-state index contributed by atoms with van der Waals surface area (Å²) >= 11 is 1.80. The predicted molar refractivity (Wildman–Crippen MR) is 87.2 cm³/mol. The van der Waals surface area contributed by atoms with Crippen molar-refractivity contribution in [2.45, 2.75) is 63.8 Å². The maximum Gasteiger partial charge on any atom is 0.230 e. The molecule has 0 aromatic carbocycles. The number of hydrogen-bond donors (Lipinski definition) is 1. The first-order valence-corrected chi connectivity index (χ1v) is 9.59. The van der Waals surface area contributed by atoms with Gasteiger partial charge in [-0.25, -0.2) is 0 Å². The number of carbonyl (C=O) groups is 1. The Hall–Kier alpha value is -0.220. The largest absolute Gasteiger partial charge is 0.353 e. The van der Waals surface area contributed by atoms with Gasteiger partial charge in [-0.05, 0) is 38.8 Å². The highest BCUT2D eigenvalue weighted by atomic mass is 32.2. The Kier molecular flexibility index (Phi) is 7.81. The monoisotopic (exact) mass is 298 g/mol. The van der Waals surface area contributed by atoms with Gasteiger partial charge < -0.3 is 10.2 Å². The van der Waals surface area contributed by atoms with Crippen LogP contribution in [-0.4, -0.2) is 48.0 Å². The normalized spacial score (nSPS) is 22.4. The van der Waals surface area contributed by atoms with Crippen molar-refractivity contribution < 1.29 is 4.79 Å². The molecule has 1 saturated heterocycles. The average molecular weight is 298 g/mol.